The molecule has 2 aromatic heterocycles. The van der Waals surface area contributed by atoms with Gasteiger partial charge in [-0.25, -0.2) is 4.68 Å². The molecule has 2 aliphatic carbocycles. The lowest BCUT2D eigenvalue weighted by Crippen LogP contribution is -2.41. The van der Waals surface area contributed by atoms with Crippen molar-refractivity contribution in [3.8, 4) is 11.3 Å². The lowest BCUT2D eigenvalue weighted by Gasteiger charge is -2.34. The molecule has 3 aliphatic rings. The standard InChI is InChI=1S/C18H22N4OS/c23-17(15-10-18(15)5-1-6-18)21-7-2-14(3-8-21)22-11-16(19-20-22)13-4-9-24-12-13/h4,9,11-12,14-15H,1-3,5-8,10H2/t15-/m1/s1. The topological polar surface area (TPSA) is 51.0 Å². The minimum absolute atomic E-state index is 0.347. The Morgan fingerprint density at radius 1 is 1.29 bits per heavy atom. The molecule has 2 aromatic rings. The quantitative estimate of drug-likeness (QED) is 0.859. The van der Waals surface area contributed by atoms with Gasteiger partial charge in [-0.15, -0.1) is 5.10 Å². The van der Waals surface area contributed by atoms with Crippen LogP contribution in [0.3, 0.4) is 0 Å². The summed E-state index contributed by atoms with van der Waals surface area (Å²) in [6, 6.07) is 2.44. The largest absolute Gasteiger partial charge is 0.342 e. The molecule has 0 unspecified atom stereocenters. The molecule has 3 fully saturated rings. The normalized spacial score (nSPS) is 25.7. The highest BCUT2D eigenvalue weighted by Gasteiger charge is 2.61. The van der Waals surface area contributed by atoms with Crippen LogP contribution in [0.5, 0.6) is 0 Å². The Hall–Kier alpha value is -1.69. The first-order valence-electron chi connectivity index (χ1n) is 8.98. The van der Waals surface area contributed by atoms with E-state index in [9.17, 15) is 4.79 Å². The monoisotopic (exact) mass is 342 g/mol. The molecule has 5 rings (SSSR count). The van der Waals surface area contributed by atoms with Gasteiger partial charge in [0.2, 0.25) is 5.91 Å². The number of hydrogen-bond donors (Lipinski definition) is 0. The lowest BCUT2D eigenvalue weighted by molar-refractivity contribution is -0.135. The van der Waals surface area contributed by atoms with Crippen molar-refractivity contribution in [3.63, 3.8) is 0 Å². The second kappa shape index (κ2) is 5.41. The number of aromatic nitrogens is 3. The maximum atomic E-state index is 12.7. The average Bonchev–Trinajstić information content (AvgIpc) is 2.94. The fraction of sp³-hybridized carbons (Fsp3) is 0.611. The van der Waals surface area contributed by atoms with E-state index in [1.54, 1.807) is 11.3 Å². The summed E-state index contributed by atoms with van der Waals surface area (Å²) in [7, 11) is 0. The van der Waals surface area contributed by atoms with Gasteiger partial charge in [-0.3, -0.25) is 4.79 Å². The SMILES string of the molecule is O=C([C@H]1CC12CCC2)N1CCC(n2cc(-c3ccsc3)nn2)CC1. The zero-order chi connectivity index (χ0) is 16.1. The van der Waals surface area contributed by atoms with E-state index in [0.29, 0.717) is 23.3 Å². The highest BCUT2D eigenvalue weighted by Crippen LogP contribution is 2.66. The van der Waals surface area contributed by atoms with Crippen LogP contribution in [0.1, 0.15) is 44.6 Å². The number of rotatable bonds is 3. The zero-order valence-corrected chi connectivity index (χ0v) is 14.5. The molecule has 1 saturated heterocycles. The second-order valence-corrected chi connectivity index (χ2v) is 8.40. The summed E-state index contributed by atoms with van der Waals surface area (Å²) in [6.45, 7) is 1.73. The number of carbonyl (C=O) groups is 1. The number of thiophene rings is 1. The summed E-state index contributed by atoms with van der Waals surface area (Å²) in [4.78, 5) is 14.8. The van der Waals surface area contributed by atoms with Crippen molar-refractivity contribution in [3.05, 3.63) is 23.0 Å². The van der Waals surface area contributed by atoms with E-state index >= 15 is 0 Å². The van der Waals surface area contributed by atoms with E-state index in [1.807, 2.05) is 4.68 Å². The lowest BCUT2D eigenvalue weighted by atomic mass is 9.79. The highest BCUT2D eigenvalue weighted by atomic mass is 32.1. The van der Waals surface area contributed by atoms with Crippen molar-refractivity contribution in [1.29, 1.82) is 0 Å². The first-order valence-corrected chi connectivity index (χ1v) is 9.93. The molecule has 5 nitrogen and oxygen atoms in total. The predicted octanol–water partition coefficient (Wildman–Crippen LogP) is 3.36. The van der Waals surface area contributed by atoms with Gasteiger partial charge in [0.25, 0.3) is 0 Å². The Bertz CT molecular complexity index is 741. The van der Waals surface area contributed by atoms with Crippen LogP contribution in [0.4, 0.5) is 0 Å². The fourth-order valence-electron chi connectivity index (χ4n) is 4.45. The van der Waals surface area contributed by atoms with Crippen LogP contribution >= 0.6 is 11.3 Å². The molecule has 0 radical (unpaired) electrons. The van der Waals surface area contributed by atoms with Gasteiger partial charge in [0.15, 0.2) is 0 Å². The Morgan fingerprint density at radius 3 is 2.75 bits per heavy atom. The molecule has 1 spiro atoms. The fourth-order valence-corrected chi connectivity index (χ4v) is 5.10. The maximum Gasteiger partial charge on any atom is 0.226 e. The van der Waals surface area contributed by atoms with E-state index in [-0.39, 0.29) is 0 Å². The average molecular weight is 342 g/mol. The summed E-state index contributed by atoms with van der Waals surface area (Å²) in [5.74, 6) is 0.769. The van der Waals surface area contributed by atoms with Crippen LogP contribution in [-0.4, -0.2) is 38.9 Å². The van der Waals surface area contributed by atoms with E-state index in [1.165, 1.54) is 19.3 Å². The van der Waals surface area contributed by atoms with Gasteiger partial charge in [0, 0.05) is 30.0 Å². The number of carbonyl (C=O) groups excluding carboxylic acids is 1. The second-order valence-electron chi connectivity index (χ2n) is 7.62. The first-order chi connectivity index (χ1) is 11.8. The van der Waals surface area contributed by atoms with Gasteiger partial charge in [-0.1, -0.05) is 11.6 Å². The smallest absolute Gasteiger partial charge is 0.226 e. The highest BCUT2D eigenvalue weighted by molar-refractivity contribution is 7.08. The van der Waals surface area contributed by atoms with Crippen molar-refractivity contribution in [2.75, 3.05) is 13.1 Å². The van der Waals surface area contributed by atoms with E-state index in [0.717, 1.165) is 43.6 Å². The summed E-state index contributed by atoms with van der Waals surface area (Å²) in [5, 5.41) is 12.8. The minimum atomic E-state index is 0.347. The van der Waals surface area contributed by atoms with Gasteiger partial charge >= 0.3 is 0 Å². The molecule has 1 amide bonds. The summed E-state index contributed by atoms with van der Waals surface area (Å²) >= 11 is 1.68. The van der Waals surface area contributed by atoms with Crippen LogP contribution < -0.4 is 0 Å². The van der Waals surface area contributed by atoms with Crippen LogP contribution in [0.2, 0.25) is 0 Å². The van der Waals surface area contributed by atoms with Crippen LogP contribution in [0.15, 0.2) is 23.0 Å². The van der Waals surface area contributed by atoms with Crippen molar-refractivity contribution >= 4 is 17.2 Å². The molecular weight excluding hydrogens is 320 g/mol. The minimum Gasteiger partial charge on any atom is -0.342 e. The van der Waals surface area contributed by atoms with Gasteiger partial charge in [0.05, 0.1) is 12.2 Å². The molecule has 2 saturated carbocycles. The van der Waals surface area contributed by atoms with E-state index in [2.05, 4.69) is 38.2 Å². The molecule has 0 N–H and O–H groups in total. The summed E-state index contributed by atoms with van der Waals surface area (Å²) in [6.07, 6.45) is 9.06. The molecule has 1 aliphatic heterocycles. The van der Waals surface area contributed by atoms with Crippen molar-refractivity contribution in [2.45, 2.75) is 44.6 Å². The van der Waals surface area contributed by atoms with Gasteiger partial charge in [0.1, 0.15) is 5.69 Å². The molecule has 3 heterocycles. The van der Waals surface area contributed by atoms with Crippen LogP contribution in [0.25, 0.3) is 11.3 Å². The van der Waals surface area contributed by atoms with Crippen molar-refractivity contribution in [2.24, 2.45) is 11.3 Å². The van der Waals surface area contributed by atoms with E-state index < -0.39 is 0 Å². The number of piperidine rings is 1. The van der Waals surface area contributed by atoms with Crippen molar-refractivity contribution < 1.29 is 4.79 Å². The Balaban J connectivity index is 1.20. The molecule has 126 valence electrons. The zero-order valence-electron chi connectivity index (χ0n) is 13.7. The van der Waals surface area contributed by atoms with E-state index in [4.69, 9.17) is 0 Å². The first kappa shape index (κ1) is 14.6. The molecule has 1 atom stereocenters. The summed E-state index contributed by atoms with van der Waals surface area (Å²) < 4.78 is 2.00. The van der Waals surface area contributed by atoms with Crippen LogP contribution in [-0.2, 0) is 4.79 Å². The predicted molar refractivity (Wildman–Crippen MR) is 92.6 cm³/mol. The molecule has 6 heteroatoms. The summed E-state index contributed by atoms with van der Waals surface area (Å²) in [5.41, 5.74) is 2.52. The maximum absolute atomic E-state index is 12.7. The Morgan fingerprint density at radius 2 is 2.12 bits per heavy atom. The van der Waals surface area contributed by atoms with Crippen LogP contribution in [0, 0.1) is 11.3 Å². The molecule has 0 bridgehead atoms. The molecule has 24 heavy (non-hydrogen) atoms. The van der Waals surface area contributed by atoms with Gasteiger partial charge in [-0.05, 0) is 49.0 Å². The number of hydrogen-bond acceptors (Lipinski definition) is 4. The third-order valence-corrected chi connectivity index (χ3v) is 7.00. The Labute approximate surface area is 145 Å². The molecule has 0 aromatic carbocycles. The van der Waals surface area contributed by atoms with Gasteiger partial charge < -0.3 is 4.90 Å². The molecular formula is C18H22N4OS. The van der Waals surface area contributed by atoms with Gasteiger partial charge in [-0.2, -0.15) is 11.3 Å². The third kappa shape index (κ3) is 2.31. The third-order valence-electron chi connectivity index (χ3n) is 6.31. The number of amides is 1. The Kier molecular flexibility index (Phi) is 3.30. The number of nitrogens with zero attached hydrogens (tertiary/aromatic N) is 4. The van der Waals surface area contributed by atoms with Crippen molar-refractivity contribution in [1.82, 2.24) is 19.9 Å². The number of likely N-dealkylation sites (tertiary alicyclic amines) is 1.